The molecule has 8 nitrogen and oxygen atoms in total. The number of sulfonamides is 1. The van der Waals surface area contributed by atoms with Gasteiger partial charge in [0.2, 0.25) is 11.8 Å². The van der Waals surface area contributed by atoms with Crippen LogP contribution in [0.3, 0.4) is 0 Å². The van der Waals surface area contributed by atoms with Crippen LogP contribution >= 0.6 is 0 Å². The smallest absolute Gasteiger partial charge is 0.264 e. The summed E-state index contributed by atoms with van der Waals surface area (Å²) in [7, 11) is -2.68. The molecule has 45 heavy (non-hydrogen) atoms. The summed E-state index contributed by atoms with van der Waals surface area (Å²) >= 11 is 0. The van der Waals surface area contributed by atoms with Gasteiger partial charge in [-0.2, -0.15) is 0 Å². The predicted octanol–water partition coefficient (Wildman–Crippen LogP) is 5.75. The number of rotatable bonds is 14. The summed E-state index contributed by atoms with van der Waals surface area (Å²) in [5, 5.41) is 3.06. The Kier molecular flexibility index (Phi) is 11.4. The first-order valence-electron chi connectivity index (χ1n) is 15.0. The molecule has 0 unspecified atom stereocenters. The highest BCUT2D eigenvalue weighted by molar-refractivity contribution is 7.92. The average Bonchev–Trinajstić information content (AvgIpc) is 3.06. The van der Waals surface area contributed by atoms with Crippen molar-refractivity contribution >= 4 is 27.5 Å². The Hall–Kier alpha value is -4.63. The Labute approximate surface area is 266 Å². The van der Waals surface area contributed by atoms with Gasteiger partial charge in [-0.3, -0.25) is 13.9 Å². The van der Waals surface area contributed by atoms with Gasteiger partial charge in [-0.1, -0.05) is 79.7 Å². The zero-order chi connectivity index (χ0) is 32.4. The van der Waals surface area contributed by atoms with Crippen molar-refractivity contribution in [1.29, 1.82) is 0 Å². The van der Waals surface area contributed by atoms with Crippen LogP contribution in [0, 0.1) is 6.92 Å². The van der Waals surface area contributed by atoms with Gasteiger partial charge >= 0.3 is 0 Å². The quantitative estimate of drug-likeness (QED) is 0.192. The van der Waals surface area contributed by atoms with Gasteiger partial charge in [0.25, 0.3) is 10.0 Å². The molecule has 0 aliphatic rings. The molecule has 0 radical (unpaired) electrons. The van der Waals surface area contributed by atoms with Gasteiger partial charge in [0.05, 0.1) is 17.7 Å². The number of nitrogens with zero attached hydrogens (tertiary/aromatic N) is 2. The fourth-order valence-electron chi connectivity index (χ4n) is 4.96. The molecule has 4 aromatic carbocycles. The van der Waals surface area contributed by atoms with Crippen molar-refractivity contribution in [1.82, 2.24) is 10.2 Å². The van der Waals surface area contributed by atoms with Crippen LogP contribution in [-0.2, 0) is 32.6 Å². The number of aryl methyl sites for hydroxylation is 1. The fourth-order valence-corrected chi connectivity index (χ4v) is 6.38. The SMILES string of the molecule is CC[C@H](C)NC(=O)[C@H](Cc1ccccc1)N(Cc1ccccc1C)C(=O)CN(c1ccccc1)S(=O)(=O)c1ccc(OC)cc1. The largest absolute Gasteiger partial charge is 0.497 e. The molecule has 0 fully saturated rings. The first-order valence-corrected chi connectivity index (χ1v) is 16.5. The normalized spacial score (nSPS) is 12.5. The zero-order valence-corrected chi connectivity index (χ0v) is 27.0. The molecule has 0 aliphatic carbocycles. The molecule has 0 heterocycles. The molecule has 0 spiro atoms. The van der Waals surface area contributed by atoms with Crippen molar-refractivity contribution in [2.45, 2.75) is 57.1 Å². The molecule has 9 heteroatoms. The van der Waals surface area contributed by atoms with E-state index in [9.17, 15) is 18.0 Å². The molecule has 4 rings (SSSR count). The Morgan fingerprint density at radius 1 is 0.844 bits per heavy atom. The lowest BCUT2D eigenvalue weighted by molar-refractivity contribution is -0.140. The minimum Gasteiger partial charge on any atom is -0.497 e. The van der Waals surface area contributed by atoms with E-state index in [0.717, 1.165) is 27.4 Å². The minimum atomic E-state index is -4.19. The van der Waals surface area contributed by atoms with Gasteiger partial charge in [-0.05, 0) is 73.4 Å². The number of benzene rings is 4. The second kappa shape index (κ2) is 15.4. The van der Waals surface area contributed by atoms with Crippen LogP contribution in [0.5, 0.6) is 5.75 Å². The lowest BCUT2D eigenvalue weighted by Crippen LogP contribution is -2.54. The van der Waals surface area contributed by atoms with Crippen LogP contribution in [0.4, 0.5) is 5.69 Å². The third-order valence-electron chi connectivity index (χ3n) is 7.84. The van der Waals surface area contributed by atoms with E-state index in [1.165, 1.54) is 24.1 Å². The van der Waals surface area contributed by atoms with Crippen molar-refractivity contribution in [3.8, 4) is 5.75 Å². The van der Waals surface area contributed by atoms with Gasteiger partial charge in [0.1, 0.15) is 18.3 Å². The van der Waals surface area contributed by atoms with Crippen molar-refractivity contribution in [3.63, 3.8) is 0 Å². The highest BCUT2D eigenvalue weighted by Crippen LogP contribution is 2.26. The van der Waals surface area contributed by atoms with Crippen molar-refractivity contribution < 1.29 is 22.7 Å². The van der Waals surface area contributed by atoms with E-state index in [1.807, 2.05) is 75.4 Å². The molecule has 0 bridgehead atoms. The van der Waals surface area contributed by atoms with Crippen LogP contribution in [0.15, 0.2) is 114 Å². The van der Waals surface area contributed by atoms with E-state index in [1.54, 1.807) is 42.5 Å². The van der Waals surface area contributed by atoms with E-state index < -0.39 is 28.5 Å². The molecular formula is C36H41N3O5S. The summed E-state index contributed by atoms with van der Waals surface area (Å²) in [5.74, 6) is -0.282. The van der Waals surface area contributed by atoms with Crippen molar-refractivity contribution in [2.75, 3.05) is 18.0 Å². The number of ether oxygens (including phenoxy) is 1. The maximum absolute atomic E-state index is 14.5. The lowest BCUT2D eigenvalue weighted by Gasteiger charge is -2.34. The number of carbonyl (C=O) groups is 2. The van der Waals surface area contributed by atoms with E-state index in [0.29, 0.717) is 11.4 Å². The first kappa shape index (κ1) is 33.3. The second-order valence-corrected chi connectivity index (χ2v) is 12.9. The van der Waals surface area contributed by atoms with E-state index in [2.05, 4.69) is 5.32 Å². The van der Waals surface area contributed by atoms with E-state index in [4.69, 9.17) is 4.74 Å². The van der Waals surface area contributed by atoms with Crippen molar-refractivity contribution in [3.05, 3.63) is 126 Å². The van der Waals surface area contributed by atoms with Gasteiger partial charge in [-0.15, -0.1) is 0 Å². The van der Waals surface area contributed by atoms with E-state index in [-0.39, 0.29) is 29.8 Å². The molecule has 236 valence electrons. The molecule has 2 atom stereocenters. The molecule has 0 saturated heterocycles. The highest BCUT2D eigenvalue weighted by Gasteiger charge is 2.35. The Balaban J connectivity index is 1.79. The van der Waals surface area contributed by atoms with E-state index >= 15 is 0 Å². The summed E-state index contributed by atoms with van der Waals surface area (Å²) in [5.41, 5.74) is 3.04. The number of carbonyl (C=O) groups excluding carboxylic acids is 2. The number of nitrogens with one attached hydrogen (secondary N) is 1. The lowest BCUT2D eigenvalue weighted by atomic mass is 10.0. The number of anilines is 1. The second-order valence-electron chi connectivity index (χ2n) is 11.0. The standard InChI is InChI=1S/C36H41N3O5S/c1-5-28(3)37-36(41)34(24-29-15-8-6-9-16-29)38(25-30-17-13-12-14-27(30)2)35(40)26-39(31-18-10-7-11-19-31)45(42,43)33-22-20-32(44-4)21-23-33/h6-23,28,34H,5,24-26H2,1-4H3,(H,37,41)/t28-,34-/m0/s1. The van der Waals surface area contributed by atoms with Crippen LogP contribution in [0.1, 0.15) is 37.0 Å². The summed E-state index contributed by atoms with van der Waals surface area (Å²) in [6.45, 7) is 5.47. The fraction of sp³-hybridized carbons (Fsp3) is 0.278. The monoisotopic (exact) mass is 627 g/mol. The molecule has 4 aromatic rings. The number of para-hydroxylation sites is 1. The third kappa shape index (κ3) is 8.51. The third-order valence-corrected chi connectivity index (χ3v) is 9.63. The Morgan fingerprint density at radius 2 is 1.44 bits per heavy atom. The van der Waals surface area contributed by atoms with Gasteiger partial charge < -0.3 is 15.0 Å². The Morgan fingerprint density at radius 3 is 2.04 bits per heavy atom. The average molecular weight is 628 g/mol. The highest BCUT2D eigenvalue weighted by atomic mass is 32.2. The number of amides is 2. The summed E-state index contributed by atoms with van der Waals surface area (Å²) in [6, 6.07) is 30.8. The van der Waals surface area contributed by atoms with Crippen LogP contribution in [0.2, 0.25) is 0 Å². The summed E-state index contributed by atoms with van der Waals surface area (Å²) in [6.07, 6.45) is 0.981. The number of methoxy groups -OCH3 is 1. The molecule has 2 amide bonds. The molecule has 0 aromatic heterocycles. The first-order chi connectivity index (χ1) is 21.6. The Bertz CT molecular complexity index is 1660. The molecule has 0 saturated carbocycles. The maximum Gasteiger partial charge on any atom is 0.264 e. The van der Waals surface area contributed by atoms with Crippen LogP contribution in [0.25, 0.3) is 0 Å². The maximum atomic E-state index is 14.5. The summed E-state index contributed by atoms with van der Waals surface area (Å²) in [4.78, 5) is 30.0. The van der Waals surface area contributed by atoms with Crippen molar-refractivity contribution in [2.24, 2.45) is 0 Å². The molecule has 1 N–H and O–H groups in total. The predicted molar refractivity (Wildman–Crippen MR) is 178 cm³/mol. The van der Waals surface area contributed by atoms with Gasteiger partial charge in [0, 0.05) is 19.0 Å². The minimum absolute atomic E-state index is 0.0146. The summed E-state index contributed by atoms with van der Waals surface area (Å²) < 4.78 is 34.6. The number of hydrogen-bond donors (Lipinski definition) is 1. The van der Waals surface area contributed by atoms with Gasteiger partial charge in [0.15, 0.2) is 0 Å². The molecule has 0 aliphatic heterocycles. The topological polar surface area (TPSA) is 96.0 Å². The van der Waals surface area contributed by atoms with Crippen LogP contribution in [-0.4, -0.2) is 50.9 Å². The zero-order valence-electron chi connectivity index (χ0n) is 26.2. The number of hydrogen-bond acceptors (Lipinski definition) is 5. The van der Waals surface area contributed by atoms with Crippen LogP contribution < -0.4 is 14.4 Å². The van der Waals surface area contributed by atoms with Gasteiger partial charge in [-0.25, -0.2) is 8.42 Å². The molecular weight excluding hydrogens is 586 g/mol.